The summed E-state index contributed by atoms with van der Waals surface area (Å²) in [4.78, 5) is 20.5. The summed E-state index contributed by atoms with van der Waals surface area (Å²) < 4.78 is 6.70. The molecule has 6 heteroatoms. The lowest BCUT2D eigenvalue weighted by atomic mass is 9.84. The van der Waals surface area contributed by atoms with Crippen molar-refractivity contribution in [1.82, 2.24) is 19.7 Å². The van der Waals surface area contributed by atoms with Crippen molar-refractivity contribution in [3.63, 3.8) is 0 Å². The van der Waals surface area contributed by atoms with Gasteiger partial charge in [-0.25, -0.2) is 14.5 Å². The topological polar surface area (TPSA) is 69.9 Å². The normalized spacial score (nSPS) is 18.3. The van der Waals surface area contributed by atoms with E-state index in [1.807, 2.05) is 0 Å². The van der Waals surface area contributed by atoms with Gasteiger partial charge in [0, 0.05) is 23.4 Å². The van der Waals surface area contributed by atoms with Crippen LogP contribution in [-0.2, 0) is 16.6 Å². The molecule has 6 nitrogen and oxygen atoms in total. The third-order valence-electron chi connectivity index (χ3n) is 4.57. The van der Waals surface area contributed by atoms with E-state index in [2.05, 4.69) is 15.1 Å². The van der Waals surface area contributed by atoms with E-state index in [-0.39, 0.29) is 11.4 Å². The predicted molar refractivity (Wildman–Crippen MR) is 74.3 cm³/mol. The number of carbonyl (C=O) groups excluding carboxylic acids is 1. The zero-order valence-corrected chi connectivity index (χ0v) is 11.9. The Morgan fingerprint density at radius 2 is 2.19 bits per heavy atom. The second kappa shape index (κ2) is 4.38. The van der Waals surface area contributed by atoms with Crippen LogP contribution >= 0.6 is 0 Å². The summed E-state index contributed by atoms with van der Waals surface area (Å²) in [5.41, 5.74) is 2.81. The number of rotatable bonds is 2. The van der Waals surface area contributed by atoms with E-state index >= 15 is 0 Å². The Labute approximate surface area is 122 Å². The molecule has 1 fully saturated rings. The molecule has 2 aliphatic rings. The molecule has 0 amide bonds. The minimum absolute atomic E-state index is 0.185. The summed E-state index contributed by atoms with van der Waals surface area (Å²) in [7, 11) is 1.39. The molecule has 0 bridgehead atoms. The first-order valence-electron chi connectivity index (χ1n) is 7.22. The van der Waals surface area contributed by atoms with Crippen molar-refractivity contribution in [2.75, 3.05) is 7.11 Å². The molecular formula is C15H16N4O2. The van der Waals surface area contributed by atoms with Crippen molar-refractivity contribution < 1.29 is 9.53 Å². The number of ether oxygens (including phenoxy) is 1. The zero-order chi connectivity index (χ0) is 14.4. The van der Waals surface area contributed by atoms with Crippen LogP contribution in [0.4, 0.5) is 0 Å². The molecule has 0 aliphatic heterocycles. The molecule has 1 spiro atoms. The van der Waals surface area contributed by atoms with Crippen molar-refractivity contribution in [2.45, 2.75) is 37.5 Å². The number of esters is 1. The van der Waals surface area contributed by atoms with E-state index in [1.54, 1.807) is 23.3 Å². The molecule has 0 saturated heterocycles. The summed E-state index contributed by atoms with van der Waals surface area (Å²) in [5.74, 6) is 0.295. The standard InChI is InChI=1S/C15H16N4O2/c1-21-14(20)12-10-3-2-4-15(5-6-15)13(10)19(18-12)11-9-16-7-8-17-11/h7-9H,2-6H2,1H3. The molecular weight excluding hydrogens is 268 g/mol. The lowest BCUT2D eigenvalue weighted by molar-refractivity contribution is 0.0592. The van der Waals surface area contributed by atoms with Crippen LogP contribution in [0.15, 0.2) is 18.6 Å². The van der Waals surface area contributed by atoms with E-state index < -0.39 is 0 Å². The van der Waals surface area contributed by atoms with Crippen LogP contribution in [0.1, 0.15) is 47.4 Å². The van der Waals surface area contributed by atoms with Crippen molar-refractivity contribution in [2.24, 2.45) is 0 Å². The van der Waals surface area contributed by atoms with Gasteiger partial charge in [-0.2, -0.15) is 5.10 Å². The summed E-state index contributed by atoms with van der Waals surface area (Å²) in [5, 5.41) is 4.51. The monoisotopic (exact) mass is 284 g/mol. The van der Waals surface area contributed by atoms with Gasteiger partial charge in [0.25, 0.3) is 0 Å². The second-order valence-corrected chi connectivity index (χ2v) is 5.78. The van der Waals surface area contributed by atoms with Crippen LogP contribution in [-0.4, -0.2) is 32.8 Å². The first-order valence-corrected chi connectivity index (χ1v) is 7.22. The summed E-state index contributed by atoms with van der Waals surface area (Å²) in [6.07, 6.45) is 10.4. The smallest absolute Gasteiger partial charge is 0.358 e. The van der Waals surface area contributed by atoms with Gasteiger partial charge in [0.05, 0.1) is 19.0 Å². The van der Waals surface area contributed by atoms with Crippen molar-refractivity contribution in [1.29, 1.82) is 0 Å². The van der Waals surface area contributed by atoms with E-state index in [4.69, 9.17) is 4.74 Å². The molecule has 4 rings (SSSR count). The number of aromatic nitrogens is 4. The maximum Gasteiger partial charge on any atom is 0.358 e. The fraction of sp³-hybridized carbons (Fsp3) is 0.467. The van der Waals surface area contributed by atoms with E-state index in [1.165, 1.54) is 7.11 Å². The predicted octanol–water partition coefficient (Wildman–Crippen LogP) is 1.82. The van der Waals surface area contributed by atoms with Crippen LogP contribution in [0, 0.1) is 0 Å². The van der Waals surface area contributed by atoms with Gasteiger partial charge >= 0.3 is 5.97 Å². The first kappa shape index (κ1) is 12.5. The Kier molecular flexibility index (Phi) is 2.60. The van der Waals surface area contributed by atoms with Crippen molar-refractivity contribution in [3.05, 3.63) is 35.5 Å². The van der Waals surface area contributed by atoms with Gasteiger partial charge in [-0.05, 0) is 32.1 Å². The number of nitrogens with zero attached hydrogens (tertiary/aromatic N) is 4. The minimum Gasteiger partial charge on any atom is -0.464 e. The highest BCUT2D eigenvalue weighted by atomic mass is 16.5. The fourth-order valence-electron chi connectivity index (χ4n) is 3.42. The summed E-state index contributed by atoms with van der Waals surface area (Å²) in [6.45, 7) is 0. The Morgan fingerprint density at radius 1 is 1.33 bits per heavy atom. The Morgan fingerprint density at radius 3 is 2.86 bits per heavy atom. The lowest BCUT2D eigenvalue weighted by Gasteiger charge is -2.23. The molecule has 108 valence electrons. The molecule has 0 aromatic carbocycles. The van der Waals surface area contributed by atoms with Gasteiger partial charge in [-0.3, -0.25) is 4.98 Å². The van der Waals surface area contributed by atoms with E-state index in [0.717, 1.165) is 43.4 Å². The van der Waals surface area contributed by atoms with Crippen LogP contribution in [0.5, 0.6) is 0 Å². The number of fused-ring (bicyclic) bond motifs is 2. The third kappa shape index (κ3) is 1.78. The maximum absolute atomic E-state index is 12.0. The molecule has 1 saturated carbocycles. The average Bonchev–Trinajstić information content (AvgIpc) is 3.17. The fourth-order valence-corrected chi connectivity index (χ4v) is 3.42. The van der Waals surface area contributed by atoms with Gasteiger partial charge in [0.1, 0.15) is 0 Å². The lowest BCUT2D eigenvalue weighted by Crippen LogP contribution is -2.20. The average molecular weight is 284 g/mol. The maximum atomic E-state index is 12.0. The SMILES string of the molecule is COC(=O)c1nn(-c2cnccn2)c2c1CCCC21CC1. The summed E-state index contributed by atoms with van der Waals surface area (Å²) in [6, 6.07) is 0. The number of hydrogen-bond donors (Lipinski definition) is 0. The summed E-state index contributed by atoms with van der Waals surface area (Å²) >= 11 is 0. The van der Waals surface area contributed by atoms with Gasteiger partial charge in [0.15, 0.2) is 11.5 Å². The highest BCUT2D eigenvalue weighted by Crippen LogP contribution is 2.56. The number of carbonyl (C=O) groups is 1. The Bertz CT molecular complexity index is 704. The van der Waals surface area contributed by atoms with Crippen molar-refractivity contribution in [3.8, 4) is 5.82 Å². The minimum atomic E-state index is -0.369. The first-order chi connectivity index (χ1) is 10.2. The molecule has 2 aliphatic carbocycles. The molecule has 2 aromatic heterocycles. The van der Waals surface area contributed by atoms with Gasteiger partial charge in [-0.15, -0.1) is 0 Å². The molecule has 0 atom stereocenters. The zero-order valence-electron chi connectivity index (χ0n) is 11.9. The second-order valence-electron chi connectivity index (χ2n) is 5.78. The molecule has 2 aromatic rings. The van der Waals surface area contributed by atoms with Crippen LogP contribution < -0.4 is 0 Å². The van der Waals surface area contributed by atoms with Crippen molar-refractivity contribution >= 4 is 5.97 Å². The largest absolute Gasteiger partial charge is 0.464 e. The van der Waals surface area contributed by atoms with Crippen LogP contribution in [0.2, 0.25) is 0 Å². The van der Waals surface area contributed by atoms with Crippen LogP contribution in [0.25, 0.3) is 5.82 Å². The Hall–Kier alpha value is -2.24. The molecule has 0 radical (unpaired) electrons. The highest BCUT2D eigenvalue weighted by molar-refractivity contribution is 5.89. The molecule has 21 heavy (non-hydrogen) atoms. The number of hydrogen-bond acceptors (Lipinski definition) is 5. The Balaban J connectivity index is 1.95. The van der Waals surface area contributed by atoms with Gasteiger partial charge in [-0.1, -0.05) is 0 Å². The van der Waals surface area contributed by atoms with Gasteiger partial charge in [0.2, 0.25) is 0 Å². The molecule has 2 heterocycles. The van der Waals surface area contributed by atoms with Gasteiger partial charge < -0.3 is 4.74 Å². The third-order valence-corrected chi connectivity index (χ3v) is 4.57. The quantitative estimate of drug-likeness (QED) is 0.787. The van der Waals surface area contributed by atoms with Crippen LogP contribution in [0.3, 0.4) is 0 Å². The van der Waals surface area contributed by atoms with E-state index in [0.29, 0.717) is 11.5 Å². The molecule has 0 unspecified atom stereocenters. The number of methoxy groups -OCH3 is 1. The molecule has 0 N–H and O–H groups in total. The highest BCUT2D eigenvalue weighted by Gasteiger charge is 2.51. The van der Waals surface area contributed by atoms with E-state index in [9.17, 15) is 4.79 Å².